The molecule has 0 bridgehead atoms. The highest BCUT2D eigenvalue weighted by atomic mass is 16.5. The fourth-order valence-corrected chi connectivity index (χ4v) is 6.53. The topological polar surface area (TPSA) is 74.4 Å². The SMILES string of the molecule is CC(C)Oc1ccc2c(c1)c(-c1cc(N3CCOCC3)c(=O)n(C)n1)nn2C(c1ccccc1)(c1ccccc1)c1ccccc1. The molecular formula is C38H37N5O3. The zero-order valence-corrected chi connectivity index (χ0v) is 26.3. The molecule has 4 aromatic carbocycles. The van der Waals surface area contributed by atoms with E-state index < -0.39 is 5.54 Å². The summed E-state index contributed by atoms with van der Waals surface area (Å²) in [5, 5.41) is 11.1. The van der Waals surface area contributed by atoms with Crippen LogP contribution in [0.3, 0.4) is 0 Å². The average molecular weight is 612 g/mol. The molecule has 0 amide bonds. The van der Waals surface area contributed by atoms with Crippen molar-refractivity contribution in [3.63, 3.8) is 0 Å². The number of aromatic nitrogens is 4. The van der Waals surface area contributed by atoms with Gasteiger partial charge in [0, 0.05) is 25.5 Å². The van der Waals surface area contributed by atoms with Crippen molar-refractivity contribution in [3.8, 4) is 17.1 Å². The quantitative estimate of drug-likeness (QED) is 0.189. The molecule has 6 aromatic rings. The number of fused-ring (bicyclic) bond motifs is 1. The van der Waals surface area contributed by atoms with Crippen LogP contribution in [0.1, 0.15) is 30.5 Å². The first-order valence-corrected chi connectivity index (χ1v) is 15.7. The average Bonchev–Trinajstić information content (AvgIpc) is 3.47. The maximum Gasteiger partial charge on any atom is 0.290 e. The third-order valence-electron chi connectivity index (χ3n) is 8.55. The molecule has 8 heteroatoms. The Morgan fingerprint density at radius 3 is 1.87 bits per heavy atom. The Balaban J connectivity index is 1.58. The summed E-state index contributed by atoms with van der Waals surface area (Å²) in [6, 6.07) is 39.5. The molecule has 0 atom stereocenters. The van der Waals surface area contributed by atoms with E-state index >= 15 is 0 Å². The standard InChI is InChI=1S/C38H37N5O3/c1-27(2)46-31-19-20-34-32(25-31)36(33-26-35(37(44)41(3)39-33)42-21-23-45-24-22-42)40-43(34)38(28-13-7-4-8-14-28,29-15-9-5-10-16-29)30-17-11-6-12-18-30/h4-20,25-27H,21-24H2,1-3H3. The highest BCUT2D eigenvalue weighted by Crippen LogP contribution is 2.44. The van der Waals surface area contributed by atoms with E-state index in [1.54, 1.807) is 7.05 Å². The summed E-state index contributed by atoms with van der Waals surface area (Å²) >= 11 is 0. The van der Waals surface area contributed by atoms with Crippen LogP contribution in [0.2, 0.25) is 0 Å². The number of morpholine rings is 1. The summed E-state index contributed by atoms with van der Waals surface area (Å²) in [4.78, 5) is 15.5. The molecule has 0 aliphatic carbocycles. The number of nitrogens with zero attached hydrogens (tertiary/aromatic N) is 5. The second-order valence-corrected chi connectivity index (χ2v) is 11.9. The van der Waals surface area contributed by atoms with Crippen molar-refractivity contribution in [2.75, 3.05) is 31.2 Å². The molecule has 0 unspecified atom stereocenters. The van der Waals surface area contributed by atoms with Crippen LogP contribution in [-0.4, -0.2) is 52.0 Å². The summed E-state index contributed by atoms with van der Waals surface area (Å²) in [6.07, 6.45) is -0.00316. The van der Waals surface area contributed by atoms with Gasteiger partial charge in [-0.05, 0) is 54.8 Å². The van der Waals surface area contributed by atoms with Gasteiger partial charge in [-0.2, -0.15) is 10.2 Å². The van der Waals surface area contributed by atoms with Crippen molar-refractivity contribution in [1.82, 2.24) is 19.6 Å². The van der Waals surface area contributed by atoms with Crippen molar-refractivity contribution < 1.29 is 9.47 Å². The lowest BCUT2D eigenvalue weighted by atomic mass is 9.77. The highest BCUT2D eigenvalue weighted by molar-refractivity contribution is 5.94. The molecule has 7 rings (SSSR count). The van der Waals surface area contributed by atoms with Crippen LogP contribution >= 0.6 is 0 Å². The third-order valence-corrected chi connectivity index (χ3v) is 8.55. The Morgan fingerprint density at radius 1 is 0.761 bits per heavy atom. The predicted molar refractivity (Wildman–Crippen MR) is 182 cm³/mol. The first-order chi connectivity index (χ1) is 22.5. The molecule has 1 aliphatic rings. The van der Waals surface area contributed by atoms with Gasteiger partial charge in [0.25, 0.3) is 5.56 Å². The molecule has 0 saturated carbocycles. The van der Waals surface area contributed by atoms with E-state index in [-0.39, 0.29) is 11.7 Å². The lowest BCUT2D eigenvalue weighted by molar-refractivity contribution is 0.122. The minimum absolute atomic E-state index is 0.00316. The number of ether oxygens (including phenoxy) is 2. The molecule has 0 radical (unpaired) electrons. The maximum absolute atomic E-state index is 13.4. The second-order valence-electron chi connectivity index (χ2n) is 11.9. The van der Waals surface area contributed by atoms with Gasteiger partial charge in [0.15, 0.2) is 0 Å². The van der Waals surface area contributed by atoms with E-state index in [1.165, 1.54) is 4.68 Å². The molecule has 0 spiro atoms. The number of benzene rings is 4. The van der Waals surface area contributed by atoms with Crippen molar-refractivity contribution in [3.05, 3.63) is 142 Å². The monoisotopic (exact) mass is 611 g/mol. The summed E-state index contributed by atoms with van der Waals surface area (Å²) < 4.78 is 15.3. The van der Waals surface area contributed by atoms with Gasteiger partial charge in [0.05, 0.1) is 24.8 Å². The Morgan fingerprint density at radius 2 is 1.33 bits per heavy atom. The Labute approximate surface area is 268 Å². The number of hydrogen-bond donors (Lipinski definition) is 0. The molecule has 0 N–H and O–H groups in total. The van der Waals surface area contributed by atoms with Crippen molar-refractivity contribution >= 4 is 16.6 Å². The molecule has 1 aliphatic heterocycles. The lowest BCUT2D eigenvalue weighted by Gasteiger charge is -2.37. The van der Waals surface area contributed by atoms with Gasteiger partial charge in [-0.15, -0.1) is 0 Å². The highest BCUT2D eigenvalue weighted by Gasteiger charge is 2.41. The summed E-state index contributed by atoms with van der Waals surface area (Å²) in [6.45, 7) is 6.45. The van der Waals surface area contributed by atoms with E-state index in [4.69, 9.17) is 19.7 Å². The van der Waals surface area contributed by atoms with Crippen molar-refractivity contribution in [2.24, 2.45) is 7.05 Å². The third kappa shape index (κ3) is 5.14. The number of aryl methyl sites for hydroxylation is 1. The fourth-order valence-electron chi connectivity index (χ4n) is 6.53. The van der Waals surface area contributed by atoms with E-state index in [2.05, 4.69) is 88.4 Å². The first-order valence-electron chi connectivity index (χ1n) is 15.7. The zero-order chi connectivity index (χ0) is 31.7. The summed E-state index contributed by atoms with van der Waals surface area (Å²) in [5.74, 6) is 0.742. The van der Waals surface area contributed by atoms with Gasteiger partial charge in [-0.1, -0.05) is 91.0 Å². The van der Waals surface area contributed by atoms with E-state index in [1.807, 2.05) is 50.2 Å². The summed E-state index contributed by atoms with van der Waals surface area (Å²) in [5.41, 5.74) is 4.98. The van der Waals surface area contributed by atoms with Crippen LogP contribution in [0.4, 0.5) is 5.69 Å². The van der Waals surface area contributed by atoms with Crippen LogP contribution in [0.15, 0.2) is 120 Å². The van der Waals surface area contributed by atoms with E-state index in [0.717, 1.165) is 33.3 Å². The minimum atomic E-state index is -0.839. The van der Waals surface area contributed by atoms with E-state index in [9.17, 15) is 4.79 Å². The lowest BCUT2D eigenvalue weighted by Crippen LogP contribution is -2.40. The smallest absolute Gasteiger partial charge is 0.290 e. The van der Waals surface area contributed by atoms with Gasteiger partial charge in [-0.3, -0.25) is 4.79 Å². The van der Waals surface area contributed by atoms with Crippen LogP contribution in [0.25, 0.3) is 22.3 Å². The van der Waals surface area contributed by atoms with Gasteiger partial charge in [-0.25, -0.2) is 9.36 Å². The van der Waals surface area contributed by atoms with Crippen molar-refractivity contribution in [1.29, 1.82) is 0 Å². The normalized spacial score (nSPS) is 13.8. The minimum Gasteiger partial charge on any atom is -0.491 e. The molecule has 2 aromatic heterocycles. The second kappa shape index (κ2) is 12.3. The van der Waals surface area contributed by atoms with Crippen molar-refractivity contribution in [2.45, 2.75) is 25.5 Å². The number of anilines is 1. The largest absolute Gasteiger partial charge is 0.491 e. The van der Waals surface area contributed by atoms with Crippen LogP contribution in [0.5, 0.6) is 5.75 Å². The summed E-state index contributed by atoms with van der Waals surface area (Å²) in [7, 11) is 1.70. The van der Waals surface area contributed by atoms with Crippen LogP contribution in [0, 0.1) is 0 Å². The Bertz CT molecular complexity index is 1920. The molecule has 3 heterocycles. The van der Waals surface area contributed by atoms with E-state index in [0.29, 0.717) is 43.4 Å². The zero-order valence-electron chi connectivity index (χ0n) is 26.3. The molecular weight excluding hydrogens is 574 g/mol. The van der Waals surface area contributed by atoms with Crippen LogP contribution in [-0.2, 0) is 17.3 Å². The Hall–Kier alpha value is -5.21. The Kier molecular flexibility index (Phi) is 7.88. The van der Waals surface area contributed by atoms with Gasteiger partial charge >= 0.3 is 0 Å². The molecule has 46 heavy (non-hydrogen) atoms. The maximum atomic E-state index is 13.4. The molecule has 1 saturated heterocycles. The fraction of sp³-hybridized carbons (Fsp3) is 0.237. The molecule has 232 valence electrons. The molecule has 1 fully saturated rings. The predicted octanol–water partition coefficient (Wildman–Crippen LogP) is 6.26. The molecule has 8 nitrogen and oxygen atoms in total. The first kappa shape index (κ1) is 29.5. The number of hydrogen-bond acceptors (Lipinski definition) is 6. The van der Waals surface area contributed by atoms with Gasteiger partial charge in [0.1, 0.15) is 28.4 Å². The van der Waals surface area contributed by atoms with Crippen LogP contribution < -0.4 is 15.2 Å². The number of rotatable bonds is 8. The van der Waals surface area contributed by atoms with Gasteiger partial charge in [0.2, 0.25) is 0 Å². The van der Waals surface area contributed by atoms with Gasteiger partial charge < -0.3 is 14.4 Å².